The molecule has 1 amide bonds. The van der Waals surface area contributed by atoms with Crippen molar-refractivity contribution in [3.05, 3.63) is 42.4 Å². The first-order chi connectivity index (χ1) is 13.2. The van der Waals surface area contributed by atoms with Gasteiger partial charge in [0, 0.05) is 70.9 Å². The van der Waals surface area contributed by atoms with Crippen LogP contribution in [0.2, 0.25) is 0 Å². The summed E-state index contributed by atoms with van der Waals surface area (Å²) < 4.78 is 0. The van der Waals surface area contributed by atoms with Gasteiger partial charge in [0.15, 0.2) is 0 Å². The quantitative estimate of drug-likeness (QED) is 0.786. The molecule has 2 aliphatic rings. The van der Waals surface area contributed by atoms with Crippen molar-refractivity contribution >= 4 is 17.7 Å². The topological polar surface area (TPSA) is 68.7 Å². The van der Waals surface area contributed by atoms with Gasteiger partial charge < -0.3 is 19.6 Å². The standard InChI is InChI=1S/C19H25N7O/c1-23-6-8-25(9-7-23)18(27)16-14-21-19(22-15-16)26-12-10-24(11-13-26)17-4-2-3-5-20-17/h2-5,14-15H,6-13H2,1H3. The van der Waals surface area contributed by atoms with Gasteiger partial charge in [-0.05, 0) is 19.2 Å². The van der Waals surface area contributed by atoms with Crippen molar-refractivity contribution in [1.29, 1.82) is 0 Å². The Morgan fingerprint density at radius 1 is 0.852 bits per heavy atom. The molecule has 0 bridgehead atoms. The highest BCUT2D eigenvalue weighted by Crippen LogP contribution is 2.16. The number of aromatic nitrogens is 3. The van der Waals surface area contributed by atoms with Crippen molar-refractivity contribution in [2.45, 2.75) is 0 Å². The van der Waals surface area contributed by atoms with Gasteiger partial charge in [-0.3, -0.25) is 4.79 Å². The summed E-state index contributed by atoms with van der Waals surface area (Å²) in [4.78, 5) is 34.4. The van der Waals surface area contributed by atoms with Gasteiger partial charge in [0.2, 0.25) is 5.95 Å². The minimum Gasteiger partial charge on any atom is -0.353 e. The van der Waals surface area contributed by atoms with Crippen molar-refractivity contribution in [3.8, 4) is 0 Å². The van der Waals surface area contributed by atoms with Crippen LogP contribution >= 0.6 is 0 Å². The van der Waals surface area contributed by atoms with Gasteiger partial charge in [0.25, 0.3) is 5.91 Å². The molecular formula is C19H25N7O. The molecule has 0 aliphatic carbocycles. The minimum absolute atomic E-state index is 0.0228. The van der Waals surface area contributed by atoms with Crippen LogP contribution in [0.15, 0.2) is 36.8 Å². The summed E-state index contributed by atoms with van der Waals surface area (Å²) >= 11 is 0. The Kier molecular flexibility index (Phi) is 5.15. The molecule has 0 aromatic carbocycles. The van der Waals surface area contributed by atoms with Crippen molar-refractivity contribution in [2.24, 2.45) is 0 Å². The fraction of sp³-hybridized carbons (Fsp3) is 0.474. The van der Waals surface area contributed by atoms with Crippen LogP contribution in [0.5, 0.6) is 0 Å². The third-order valence-corrected chi connectivity index (χ3v) is 5.21. The van der Waals surface area contributed by atoms with Crippen LogP contribution in [0.1, 0.15) is 10.4 Å². The summed E-state index contributed by atoms with van der Waals surface area (Å²) in [6.45, 7) is 6.75. The van der Waals surface area contributed by atoms with Gasteiger partial charge in [-0.25, -0.2) is 15.0 Å². The van der Waals surface area contributed by atoms with E-state index in [1.165, 1.54) is 0 Å². The number of likely N-dealkylation sites (N-methyl/N-ethyl adjacent to an activating group) is 1. The molecule has 0 saturated carbocycles. The highest BCUT2D eigenvalue weighted by Gasteiger charge is 2.23. The third kappa shape index (κ3) is 4.00. The second kappa shape index (κ2) is 7.87. The van der Waals surface area contributed by atoms with E-state index in [2.05, 4.69) is 36.7 Å². The molecule has 8 heteroatoms. The molecule has 0 atom stereocenters. The maximum absolute atomic E-state index is 12.6. The normalized spacial score (nSPS) is 18.6. The third-order valence-electron chi connectivity index (χ3n) is 5.21. The number of amides is 1. The van der Waals surface area contributed by atoms with E-state index in [0.717, 1.165) is 58.2 Å². The van der Waals surface area contributed by atoms with E-state index >= 15 is 0 Å². The number of anilines is 2. The van der Waals surface area contributed by atoms with Gasteiger partial charge >= 0.3 is 0 Å². The number of carbonyl (C=O) groups excluding carboxylic acids is 1. The smallest absolute Gasteiger partial charge is 0.257 e. The van der Waals surface area contributed by atoms with Crippen LogP contribution in [0.3, 0.4) is 0 Å². The predicted octanol–water partition coefficient (Wildman–Crippen LogP) is 0.586. The second-order valence-corrected chi connectivity index (χ2v) is 7.03. The number of hydrogen-bond acceptors (Lipinski definition) is 7. The monoisotopic (exact) mass is 367 g/mol. The first-order valence-corrected chi connectivity index (χ1v) is 9.41. The Morgan fingerprint density at radius 2 is 1.52 bits per heavy atom. The van der Waals surface area contributed by atoms with E-state index in [0.29, 0.717) is 11.5 Å². The summed E-state index contributed by atoms with van der Waals surface area (Å²) in [7, 11) is 2.08. The minimum atomic E-state index is 0.0228. The number of hydrogen-bond donors (Lipinski definition) is 0. The average Bonchev–Trinajstić information content (AvgIpc) is 2.75. The van der Waals surface area contributed by atoms with E-state index in [9.17, 15) is 4.79 Å². The van der Waals surface area contributed by atoms with Crippen LogP contribution in [0.4, 0.5) is 11.8 Å². The molecule has 0 unspecified atom stereocenters. The number of piperazine rings is 2. The molecule has 27 heavy (non-hydrogen) atoms. The van der Waals surface area contributed by atoms with Crippen LogP contribution in [0.25, 0.3) is 0 Å². The summed E-state index contributed by atoms with van der Waals surface area (Å²) in [5, 5.41) is 0. The zero-order valence-electron chi connectivity index (χ0n) is 15.7. The molecule has 0 spiro atoms. The molecular weight excluding hydrogens is 342 g/mol. The van der Waals surface area contributed by atoms with Gasteiger partial charge in [-0.15, -0.1) is 0 Å². The van der Waals surface area contributed by atoms with E-state index in [-0.39, 0.29) is 5.91 Å². The lowest BCUT2D eigenvalue weighted by atomic mass is 10.2. The van der Waals surface area contributed by atoms with Crippen molar-refractivity contribution in [3.63, 3.8) is 0 Å². The van der Waals surface area contributed by atoms with E-state index < -0.39 is 0 Å². The Balaban J connectivity index is 1.35. The highest BCUT2D eigenvalue weighted by molar-refractivity contribution is 5.93. The zero-order valence-corrected chi connectivity index (χ0v) is 15.7. The molecule has 8 nitrogen and oxygen atoms in total. The van der Waals surface area contributed by atoms with Gasteiger partial charge in [0.1, 0.15) is 5.82 Å². The molecule has 4 rings (SSSR count). The zero-order chi connectivity index (χ0) is 18.6. The molecule has 142 valence electrons. The van der Waals surface area contributed by atoms with E-state index in [1.54, 1.807) is 12.4 Å². The maximum atomic E-state index is 12.6. The molecule has 2 fully saturated rings. The predicted molar refractivity (Wildman–Crippen MR) is 104 cm³/mol. The number of rotatable bonds is 3. The van der Waals surface area contributed by atoms with Crippen molar-refractivity contribution in [2.75, 3.05) is 69.2 Å². The number of nitrogens with zero attached hydrogens (tertiary/aromatic N) is 7. The number of carbonyl (C=O) groups is 1. The Morgan fingerprint density at radius 3 is 2.15 bits per heavy atom. The molecule has 0 N–H and O–H groups in total. The SMILES string of the molecule is CN1CCN(C(=O)c2cnc(N3CCN(c4ccccn4)CC3)nc2)CC1. The fourth-order valence-corrected chi connectivity index (χ4v) is 3.46. The lowest BCUT2D eigenvalue weighted by molar-refractivity contribution is 0.0663. The molecule has 2 aromatic heterocycles. The van der Waals surface area contributed by atoms with Gasteiger partial charge in [-0.1, -0.05) is 6.07 Å². The summed E-state index contributed by atoms with van der Waals surface area (Å²) in [6, 6.07) is 5.97. The van der Waals surface area contributed by atoms with E-state index in [1.807, 2.05) is 29.3 Å². The number of pyridine rings is 1. The summed E-state index contributed by atoms with van der Waals surface area (Å²) in [5.74, 6) is 1.71. The highest BCUT2D eigenvalue weighted by atomic mass is 16.2. The lowest BCUT2D eigenvalue weighted by Crippen LogP contribution is -2.48. The molecule has 2 saturated heterocycles. The average molecular weight is 367 g/mol. The fourth-order valence-electron chi connectivity index (χ4n) is 3.46. The van der Waals surface area contributed by atoms with Crippen molar-refractivity contribution < 1.29 is 4.79 Å². The van der Waals surface area contributed by atoms with Crippen molar-refractivity contribution in [1.82, 2.24) is 24.8 Å². The van der Waals surface area contributed by atoms with Gasteiger partial charge in [0.05, 0.1) is 5.56 Å². The largest absolute Gasteiger partial charge is 0.353 e. The Hall–Kier alpha value is -2.74. The Bertz CT molecular complexity index is 751. The lowest BCUT2D eigenvalue weighted by Gasteiger charge is -2.35. The van der Waals surface area contributed by atoms with Crippen LogP contribution in [-0.4, -0.2) is 90.1 Å². The van der Waals surface area contributed by atoms with Crippen LogP contribution in [-0.2, 0) is 0 Å². The molecule has 2 aromatic rings. The summed E-state index contributed by atoms with van der Waals surface area (Å²) in [5.41, 5.74) is 0.565. The van der Waals surface area contributed by atoms with Crippen LogP contribution < -0.4 is 9.80 Å². The second-order valence-electron chi connectivity index (χ2n) is 7.03. The van der Waals surface area contributed by atoms with E-state index in [4.69, 9.17) is 0 Å². The maximum Gasteiger partial charge on any atom is 0.257 e. The molecule has 2 aliphatic heterocycles. The first kappa shape index (κ1) is 17.7. The molecule has 4 heterocycles. The van der Waals surface area contributed by atoms with Crippen LogP contribution in [0, 0.1) is 0 Å². The molecule has 0 radical (unpaired) electrons. The first-order valence-electron chi connectivity index (χ1n) is 9.41. The van der Waals surface area contributed by atoms with Gasteiger partial charge in [-0.2, -0.15) is 0 Å². The Labute approximate surface area is 159 Å². The summed E-state index contributed by atoms with van der Waals surface area (Å²) in [6.07, 6.45) is 5.14.